The van der Waals surface area contributed by atoms with Gasteiger partial charge in [-0.15, -0.1) is 10.2 Å². The molecule has 1 amide bonds. The quantitative estimate of drug-likeness (QED) is 0.515. The van der Waals surface area contributed by atoms with Gasteiger partial charge in [0.25, 0.3) is 5.22 Å². The summed E-state index contributed by atoms with van der Waals surface area (Å²) in [5.41, 5.74) is 2.83. The predicted octanol–water partition coefficient (Wildman–Crippen LogP) is 5.90. The van der Waals surface area contributed by atoms with Crippen LogP contribution in [-0.2, 0) is 4.79 Å². The molecule has 0 aliphatic heterocycles. The zero-order valence-corrected chi connectivity index (χ0v) is 17.3. The summed E-state index contributed by atoms with van der Waals surface area (Å²) in [5.74, 6) is 0.947. The van der Waals surface area contributed by atoms with E-state index in [0.717, 1.165) is 29.7 Å². The Morgan fingerprint density at radius 3 is 2.48 bits per heavy atom. The van der Waals surface area contributed by atoms with Crippen LogP contribution in [0.3, 0.4) is 0 Å². The summed E-state index contributed by atoms with van der Waals surface area (Å²) >= 11 is 1.30. The van der Waals surface area contributed by atoms with Gasteiger partial charge in [0.15, 0.2) is 0 Å². The maximum Gasteiger partial charge on any atom is 0.277 e. The molecule has 3 aromatic rings. The van der Waals surface area contributed by atoms with Gasteiger partial charge in [-0.3, -0.25) is 4.79 Å². The Morgan fingerprint density at radius 2 is 1.76 bits per heavy atom. The van der Waals surface area contributed by atoms with Crippen molar-refractivity contribution in [2.75, 3.05) is 5.32 Å². The Hall–Kier alpha value is -2.60. The van der Waals surface area contributed by atoms with Crippen molar-refractivity contribution >= 4 is 23.4 Å². The van der Waals surface area contributed by atoms with E-state index in [0.29, 0.717) is 17.0 Å². The minimum absolute atomic E-state index is 0.109. The molecule has 1 saturated carbocycles. The first-order chi connectivity index (χ1) is 14.2. The van der Waals surface area contributed by atoms with Crippen LogP contribution < -0.4 is 5.32 Å². The third-order valence-electron chi connectivity index (χ3n) is 5.25. The number of hydrogen-bond acceptors (Lipinski definition) is 5. The monoisotopic (exact) mass is 407 g/mol. The molecule has 0 saturated heterocycles. The molecule has 0 unspecified atom stereocenters. The van der Waals surface area contributed by atoms with E-state index < -0.39 is 5.25 Å². The van der Waals surface area contributed by atoms with Crippen LogP contribution in [0.25, 0.3) is 0 Å². The molecule has 0 radical (unpaired) electrons. The van der Waals surface area contributed by atoms with Crippen molar-refractivity contribution in [2.45, 2.75) is 55.4 Å². The molecule has 1 aliphatic rings. The van der Waals surface area contributed by atoms with Crippen LogP contribution >= 0.6 is 11.8 Å². The number of benzene rings is 2. The Labute approximate surface area is 175 Å². The van der Waals surface area contributed by atoms with E-state index in [1.54, 1.807) is 0 Å². The highest BCUT2D eigenvalue weighted by atomic mass is 32.2. The van der Waals surface area contributed by atoms with Gasteiger partial charge in [0.1, 0.15) is 5.25 Å². The predicted molar refractivity (Wildman–Crippen MR) is 115 cm³/mol. The molecule has 0 spiro atoms. The number of thioether (sulfide) groups is 1. The molecule has 0 bridgehead atoms. The standard InChI is InChI=1S/C23H25N3O2S/c1-16-12-14-19(15-13-16)24-21(27)20(17-8-4-2-5-9-17)29-23-26-25-22(28-23)18-10-6-3-7-11-18/h2,4-5,8-9,12-15,18,20H,3,6-7,10-11H2,1H3,(H,24,27)/t20-/m1/s1. The second-order valence-corrected chi connectivity index (χ2v) is 8.56. The van der Waals surface area contributed by atoms with Gasteiger partial charge in [-0.2, -0.15) is 0 Å². The summed E-state index contributed by atoms with van der Waals surface area (Å²) in [6.45, 7) is 2.02. The molecule has 1 atom stereocenters. The van der Waals surface area contributed by atoms with E-state index >= 15 is 0 Å². The van der Waals surface area contributed by atoms with Crippen molar-refractivity contribution in [1.82, 2.24) is 10.2 Å². The normalized spacial score (nSPS) is 15.8. The highest BCUT2D eigenvalue weighted by molar-refractivity contribution is 8.00. The first-order valence-corrected chi connectivity index (χ1v) is 11.0. The SMILES string of the molecule is Cc1ccc(NC(=O)[C@H](Sc2nnc(C3CCCCC3)o2)c2ccccc2)cc1. The van der Waals surface area contributed by atoms with Crippen molar-refractivity contribution < 1.29 is 9.21 Å². The summed E-state index contributed by atoms with van der Waals surface area (Å²) in [6, 6.07) is 17.5. The minimum atomic E-state index is -0.475. The average molecular weight is 408 g/mol. The van der Waals surface area contributed by atoms with E-state index in [-0.39, 0.29) is 5.91 Å². The maximum absolute atomic E-state index is 13.1. The fourth-order valence-corrected chi connectivity index (χ4v) is 4.51. The van der Waals surface area contributed by atoms with Crippen molar-refractivity contribution in [3.63, 3.8) is 0 Å². The number of anilines is 1. The number of aromatic nitrogens is 2. The lowest BCUT2D eigenvalue weighted by Gasteiger charge is -2.17. The van der Waals surface area contributed by atoms with Crippen molar-refractivity contribution in [3.05, 3.63) is 71.6 Å². The number of amides is 1. The highest BCUT2D eigenvalue weighted by Crippen LogP contribution is 2.38. The van der Waals surface area contributed by atoms with Gasteiger partial charge in [-0.1, -0.05) is 67.3 Å². The van der Waals surface area contributed by atoms with Crippen LogP contribution in [-0.4, -0.2) is 16.1 Å². The Bertz CT molecular complexity index is 934. The highest BCUT2D eigenvalue weighted by Gasteiger charge is 2.27. The lowest BCUT2D eigenvalue weighted by Crippen LogP contribution is -2.19. The number of rotatable bonds is 6. The second-order valence-electron chi connectivity index (χ2n) is 7.50. The molecule has 150 valence electrons. The zero-order valence-electron chi connectivity index (χ0n) is 16.5. The van der Waals surface area contributed by atoms with Crippen LogP contribution in [0.15, 0.2) is 64.2 Å². The Kier molecular flexibility index (Phi) is 6.30. The number of carbonyl (C=O) groups is 1. The molecule has 1 aliphatic carbocycles. The summed E-state index contributed by atoms with van der Waals surface area (Å²) in [5, 5.41) is 11.5. The summed E-state index contributed by atoms with van der Waals surface area (Å²) in [4.78, 5) is 13.1. The lowest BCUT2D eigenvalue weighted by molar-refractivity contribution is -0.115. The van der Waals surface area contributed by atoms with Gasteiger partial charge in [0.2, 0.25) is 11.8 Å². The fourth-order valence-electron chi connectivity index (χ4n) is 3.63. The molecule has 1 aromatic heterocycles. The van der Waals surface area contributed by atoms with Crippen LogP contribution in [0.4, 0.5) is 5.69 Å². The van der Waals surface area contributed by atoms with Crippen LogP contribution in [0.2, 0.25) is 0 Å². The molecule has 1 heterocycles. The fraction of sp³-hybridized carbons (Fsp3) is 0.348. The van der Waals surface area contributed by atoms with E-state index in [1.807, 2.05) is 61.5 Å². The van der Waals surface area contributed by atoms with Crippen LogP contribution in [0.5, 0.6) is 0 Å². The molecule has 2 aromatic carbocycles. The molecule has 29 heavy (non-hydrogen) atoms. The van der Waals surface area contributed by atoms with E-state index in [4.69, 9.17) is 4.42 Å². The number of hydrogen-bond donors (Lipinski definition) is 1. The third kappa shape index (κ3) is 5.07. The first kappa shape index (κ1) is 19.7. The summed E-state index contributed by atoms with van der Waals surface area (Å²) in [6.07, 6.45) is 5.90. The second kappa shape index (κ2) is 9.27. The van der Waals surface area contributed by atoms with Gasteiger partial charge >= 0.3 is 0 Å². The molecule has 1 fully saturated rings. The van der Waals surface area contributed by atoms with Crippen molar-refractivity contribution in [3.8, 4) is 0 Å². The smallest absolute Gasteiger partial charge is 0.277 e. The molecular formula is C23H25N3O2S. The number of nitrogens with zero attached hydrogens (tertiary/aromatic N) is 2. The van der Waals surface area contributed by atoms with Gasteiger partial charge < -0.3 is 9.73 Å². The Morgan fingerprint density at radius 1 is 1.03 bits per heavy atom. The third-order valence-corrected chi connectivity index (χ3v) is 6.34. The molecule has 1 N–H and O–H groups in total. The van der Waals surface area contributed by atoms with Gasteiger partial charge in [-0.05, 0) is 49.2 Å². The van der Waals surface area contributed by atoms with Gasteiger partial charge in [-0.25, -0.2) is 0 Å². The molecule has 6 heteroatoms. The number of aryl methyl sites for hydroxylation is 1. The number of nitrogens with one attached hydrogen (secondary N) is 1. The largest absolute Gasteiger partial charge is 0.416 e. The number of carbonyl (C=O) groups excluding carboxylic acids is 1. The van der Waals surface area contributed by atoms with Gasteiger partial charge in [0.05, 0.1) is 0 Å². The maximum atomic E-state index is 13.1. The zero-order chi connectivity index (χ0) is 20.1. The molecule has 4 rings (SSSR count). The van der Waals surface area contributed by atoms with E-state index in [1.165, 1.54) is 31.0 Å². The molecule has 5 nitrogen and oxygen atoms in total. The van der Waals surface area contributed by atoms with Crippen LogP contribution in [0, 0.1) is 6.92 Å². The van der Waals surface area contributed by atoms with Gasteiger partial charge in [0, 0.05) is 11.6 Å². The minimum Gasteiger partial charge on any atom is -0.416 e. The summed E-state index contributed by atoms with van der Waals surface area (Å²) < 4.78 is 5.95. The van der Waals surface area contributed by atoms with E-state index in [2.05, 4.69) is 15.5 Å². The summed E-state index contributed by atoms with van der Waals surface area (Å²) in [7, 11) is 0. The van der Waals surface area contributed by atoms with Crippen LogP contribution in [0.1, 0.15) is 60.3 Å². The molecular weight excluding hydrogens is 382 g/mol. The average Bonchev–Trinajstić information content (AvgIpc) is 3.24. The first-order valence-electron chi connectivity index (χ1n) is 10.1. The topological polar surface area (TPSA) is 68.0 Å². The van der Waals surface area contributed by atoms with Crippen molar-refractivity contribution in [2.24, 2.45) is 0 Å². The van der Waals surface area contributed by atoms with E-state index in [9.17, 15) is 4.79 Å². The lowest BCUT2D eigenvalue weighted by atomic mass is 9.89. The van der Waals surface area contributed by atoms with Crippen molar-refractivity contribution in [1.29, 1.82) is 0 Å². The Balaban J connectivity index is 1.52.